The number of benzene rings is 3. The molecule has 1 aromatic heterocycles. The molecule has 1 aliphatic heterocycles. The summed E-state index contributed by atoms with van der Waals surface area (Å²) in [6.45, 7) is 1.28. The van der Waals surface area contributed by atoms with Gasteiger partial charge in [-0.1, -0.05) is 54.6 Å². The molecule has 0 aliphatic carbocycles. The number of hydrogen-bond donors (Lipinski definition) is 1. The number of aliphatic carboxylic acids is 1. The van der Waals surface area contributed by atoms with Crippen molar-refractivity contribution in [1.82, 2.24) is 9.55 Å². The summed E-state index contributed by atoms with van der Waals surface area (Å²) in [5, 5.41) is 10.9. The van der Waals surface area contributed by atoms with Crippen LogP contribution in [0.1, 0.15) is 47.7 Å². The summed E-state index contributed by atoms with van der Waals surface area (Å²) < 4.78 is 31.1. The molecule has 12 nitrogen and oxygen atoms in total. The molecule has 0 bridgehead atoms. The first-order valence-corrected chi connectivity index (χ1v) is 15.0. The number of esters is 1. The maximum atomic E-state index is 12.9. The molecule has 4 aromatic rings. The molecule has 1 saturated heterocycles. The van der Waals surface area contributed by atoms with Crippen LogP contribution in [0.15, 0.2) is 94.6 Å². The third-order valence-corrected chi connectivity index (χ3v) is 8.08. The molecule has 1 aliphatic rings. The van der Waals surface area contributed by atoms with Crippen molar-refractivity contribution in [2.45, 2.75) is 50.2 Å². The molecule has 3 atom stereocenters. The Morgan fingerprint density at radius 1 is 0.896 bits per heavy atom. The van der Waals surface area contributed by atoms with Gasteiger partial charge in [0, 0.05) is 24.2 Å². The topological polar surface area (TPSA) is 158 Å². The number of aryl methyl sites for hydroxylation is 1. The summed E-state index contributed by atoms with van der Waals surface area (Å²) in [7, 11) is 3.16. The molecule has 48 heavy (non-hydrogen) atoms. The number of aromatic nitrogens is 2. The minimum Gasteiger partial charge on any atom is -0.550 e. The van der Waals surface area contributed by atoms with Gasteiger partial charge in [0.1, 0.15) is 36.0 Å². The molecule has 0 spiro atoms. The fourth-order valence-corrected chi connectivity index (χ4v) is 5.65. The summed E-state index contributed by atoms with van der Waals surface area (Å²) in [4.78, 5) is 50.7. The summed E-state index contributed by atoms with van der Waals surface area (Å²) in [6, 6.07) is 24.5. The van der Waals surface area contributed by atoms with E-state index in [2.05, 4.69) is 4.98 Å². The third-order valence-electron chi connectivity index (χ3n) is 8.08. The van der Waals surface area contributed by atoms with E-state index >= 15 is 0 Å². The first-order chi connectivity index (χ1) is 22.6. The van der Waals surface area contributed by atoms with Crippen molar-refractivity contribution in [2.24, 2.45) is 0 Å². The van der Waals surface area contributed by atoms with Crippen molar-refractivity contribution in [3.8, 4) is 11.5 Å². The molecule has 1 fully saturated rings. The summed E-state index contributed by atoms with van der Waals surface area (Å²) >= 11 is 0. The Labute approximate surface area is 319 Å². The Balaban J connectivity index is 0.00000520. The largest absolute Gasteiger partial charge is 1.00 e. The Hall–Kier alpha value is -3.56. The predicted molar refractivity (Wildman–Crippen MR) is 167 cm³/mol. The van der Waals surface area contributed by atoms with E-state index in [0.29, 0.717) is 17.1 Å². The van der Waals surface area contributed by atoms with E-state index in [1.807, 2.05) is 78.9 Å². The molecule has 0 saturated carbocycles. The van der Waals surface area contributed by atoms with Crippen molar-refractivity contribution in [3.05, 3.63) is 128 Å². The number of rotatable bonds is 13. The van der Waals surface area contributed by atoms with Crippen molar-refractivity contribution in [3.63, 3.8) is 0 Å². The van der Waals surface area contributed by atoms with E-state index < -0.39 is 53.6 Å². The monoisotopic (exact) mass is 682 g/mol. The molecule has 0 amide bonds. The van der Waals surface area contributed by atoms with Crippen LogP contribution in [0.4, 0.5) is 0 Å². The van der Waals surface area contributed by atoms with Crippen LogP contribution < -0.4 is 77.2 Å². The Kier molecular flexibility index (Phi) is 13.0. The number of H-pyrrole nitrogens is 1. The fraction of sp³-hybridized carbons (Fsp3) is 0.314. The minimum absolute atomic E-state index is 0. The minimum atomic E-state index is -1.38. The number of carboxylic acid groups (broad SMARTS) is 1. The molecule has 3 aromatic carbocycles. The zero-order chi connectivity index (χ0) is 33.6. The van der Waals surface area contributed by atoms with Gasteiger partial charge in [0.25, 0.3) is 5.56 Å². The summed E-state index contributed by atoms with van der Waals surface area (Å²) in [5.41, 5.74) is 0.137. The van der Waals surface area contributed by atoms with E-state index in [0.717, 1.165) is 16.7 Å². The zero-order valence-corrected chi connectivity index (χ0v) is 30.3. The summed E-state index contributed by atoms with van der Waals surface area (Å²) in [6.07, 6.45) is -1.92. The maximum Gasteiger partial charge on any atom is 1.00 e. The molecule has 246 valence electrons. The molecular weight excluding hydrogens is 647 g/mol. The van der Waals surface area contributed by atoms with E-state index in [-0.39, 0.29) is 70.8 Å². The van der Waals surface area contributed by atoms with Gasteiger partial charge < -0.3 is 33.6 Å². The first kappa shape index (κ1) is 37.3. The van der Waals surface area contributed by atoms with Crippen LogP contribution >= 0.6 is 0 Å². The average molecular weight is 683 g/mol. The smallest absolute Gasteiger partial charge is 0.550 e. The number of carbonyl (C=O) groups excluding carboxylic acids is 2. The van der Waals surface area contributed by atoms with Gasteiger partial charge in [0.2, 0.25) is 0 Å². The van der Waals surface area contributed by atoms with Crippen LogP contribution in [-0.4, -0.2) is 54.5 Å². The van der Waals surface area contributed by atoms with Gasteiger partial charge in [-0.05, 0) is 54.3 Å². The van der Waals surface area contributed by atoms with Crippen molar-refractivity contribution < 1.29 is 89.8 Å². The number of carboxylic acids is 1. The number of nitrogens with zero attached hydrogens (tertiary/aromatic N) is 1. The molecule has 2 heterocycles. The predicted octanol–water partition coefficient (Wildman–Crippen LogP) is -0.396. The van der Waals surface area contributed by atoms with Crippen molar-refractivity contribution >= 4 is 11.9 Å². The van der Waals surface area contributed by atoms with Crippen LogP contribution in [0.3, 0.4) is 0 Å². The van der Waals surface area contributed by atoms with Gasteiger partial charge >= 0.3 is 63.0 Å². The first-order valence-electron chi connectivity index (χ1n) is 15.0. The second kappa shape index (κ2) is 16.7. The van der Waals surface area contributed by atoms with Crippen LogP contribution in [0.2, 0.25) is 0 Å². The number of nitrogens with one attached hydrogen (secondary N) is 1. The number of ether oxygens (including phenoxy) is 5. The maximum absolute atomic E-state index is 12.9. The number of hydrogen-bond acceptors (Lipinski definition) is 10. The van der Waals surface area contributed by atoms with Crippen LogP contribution in [-0.2, 0) is 29.4 Å². The van der Waals surface area contributed by atoms with E-state index in [4.69, 9.17) is 23.7 Å². The molecule has 13 heteroatoms. The SMILES string of the molecule is COc1ccc(C(O[C@H]2C[C@H](n3cc(C)c(=O)[nH]c3=O)O[C@@H]2COC(=O)CCC(=O)[O-])(c2ccccc2)c2ccc(OC)cc2)cc1.[K+]. The molecule has 1 N–H and O–H groups in total. The Morgan fingerprint density at radius 2 is 1.46 bits per heavy atom. The summed E-state index contributed by atoms with van der Waals surface area (Å²) in [5.74, 6) is -0.843. The Morgan fingerprint density at radius 3 is 2.00 bits per heavy atom. The van der Waals surface area contributed by atoms with E-state index in [1.54, 1.807) is 21.1 Å². The molecular formula is C35H35KN2O10. The number of aromatic amines is 1. The normalized spacial score (nSPS) is 17.3. The number of methoxy groups -OCH3 is 2. The van der Waals surface area contributed by atoms with Gasteiger partial charge in [0.05, 0.1) is 26.7 Å². The standard InChI is InChI=1S/C35H36N2O10.K/c1-22-20-37(34(42)36-33(22)41)30-19-28(29(46-30)21-45-32(40)18-17-31(38)39)47-35(23-7-5-4-6-8-23,24-9-13-26(43-2)14-10-24)25-11-15-27(44-3)16-12-25;/h4-16,20,28-30H,17-19,21H2,1-3H3,(H,38,39)(H,36,41,42);/q;+1/p-1/t28-,29+,30+;/m0./s1. The van der Waals surface area contributed by atoms with Gasteiger partial charge in [-0.15, -0.1) is 0 Å². The van der Waals surface area contributed by atoms with E-state index in [9.17, 15) is 24.3 Å². The van der Waals surface area contributed by atoms with Gasteiger partial charge in [-0.3, -0.25) is 19.1 Å². The molecule has 0 radical (unpaired) electrons. The van der Waals surface area contributed by atoms with Crippen LogP contribution in [0, 0.1) is 6.92 Å². The fourth-order valence-electron chi connectivity index (χ4n) is 5.65. The molecule has 5 rings (SSSR count). The van der Waals surface area contributed by atoms with E-state index in [1.165, 1.54) is 10.8 Å². The second-order valence-corrected chi connectivity index (χ2v) is 11.1. The quantitative estimate of drug-likeness (QED) is 0.112. The van der Waals surface area contributed by atoms with Gasteiger partial charge in [0.15, 0.2) is 0 Å². The number of carbonyl (C=O) groups is 2. The van der Waals surface area contributed by atoms with Gasteiger partial charge in [-0.25, -0.2) is 4.79 Å². The third kappa shape index (κ3) is 8.35. The molecule has 0 unspecified atom stereocenters. The van der Waals surface area contributed by atoms with Crippen molar-refractivity contribution in [1.29, 1.82) is 0 Å². The van der Waals surface area contributed by atoms with Crippen LogP contribution in [0.5, 0.6) is 11.5 Å². The zero-order valence-electron chi connectivity index (χ0n) is 27.2. The average Bonchev–Trinajstić information content (AvgIpc) is 3.49. The van der Waals surface area contributed by atoms with Crippen LogP contribution in [0.25, 0.3) is 0 Å². The Bertz CT molecular complexity index is 1760. The second-order valence-electron chi connectivity index (χ2n) is 11.1. The van der Waals surface area contributed by atoms with Gasteiger partial charge in [-0.2, -0.15) is 0 Å². The van der Waals surface area contributed by atoms with Crippen molar-refractivity contribution in [2.75, 3.05) is 20.8 Å².